The number of nitrogens with one attached hydrogen (secondary N) is 2. The molecule has 0 saturated heterocycles. The Kier molecular flexibility index (Phi) is 7.49. The second-order valence-corrected chi connectivity index (χ2v) is 7.37. The summed E-state index contributed by atoms with van der Waals surface area (Å²) in [5, 5.41) is 6.15. The van der Waals surface area contributed by atoms with Crippen molar-refractivity contribution in [2.24, 2.45) is 0 Å². The fourth-order valence-electron chi connectivity index (χ4n) is 3.39. The number of aromatic nitrogens is 1. The Labute approximate surface area is 185 Å². The van der Waals surface area contributed by atoms with Crippen LogP contribution in [0.5, 0.6) is 0 Å². The summed E-state index contributed by atoms with van der Waals surface area (Å²) in [6.07, 6.45) is 0.168. The average molecular weight is 437 g/mol. The maximum atomic E-state index is 13.5. The SMILES string of the molecule is COC(=O)[C@H](Cc1ccc2ccccc2n1)NC(=O)[C@H](Cc1cccc(F)c1)NC(C)=O. The van der Waals surface area contributed by atoms with Gasteiger partial charge in [-0.25, -0.2) is 9.18 Å². The lowest BCUT2D eigenvalue weighted by molar-refractivity contribution is -0.145. The van der Waals surface area contributed by atoms with E-state index in [2.05, 4.69) is 15.6 Å². The van der Waals surface area contributed by atoms with Crippen LogP contribution in [-0.4, -0.2) is 42.0 Å². The van der Waals surface area contributed by atoms with E-state index < -0.39 is 35.7 Å². The van der Waals surface area contributed by atoms with E-state index in [-0.39, 0.29) is 12.8 Å². The van der Waals surface area contributed by atoms with Crippen molar-refractivity contribution < 1.29 is 23.5 Å². The molecular formula is C24H24FN3O4. The number of esters is 1. The van der Waals surface area contributed by atoms with Crippen molar-refractivity contribution in [3.63, 3.8) is 0 Å². The minimum atomic E-state index is -1.01. The topological polar surface area (TPSA) is 97.4 Å². The Morgan fingerprint density at radius 2 is 1.75 bits per heavy atom. The second kappa shape index (κ2) is 10.5. The van der Waals surface area contributed by atoms with Crippen molar-refractivity contribution >= 4 is 28.7 Å². The molecule has 0 aliphatic carbocycles. The largest absolute Gasteiger partial charge is 0.467 e. The van der Waals surface area contributed by atoms with E-state index in [1.54, 1.807) is 12.1 Å². The molecule has 3 aromatic rings. The van der Waals surface area contributed by atoms with Crippen LogP contribution in [-0.2, 0) is 32.0 Å². The van der Waals surface area contributed by atoms with E-state index in [1.807, 2.05) is 30.3 Å². The monoisotopic (exact) mass is 437 g/mol. The molecule has 0 aliphatic heterocycles. The molecule has 0 aliphatic rings. The molecule has 0 fully saturated rings. The van der Waals surface area contributed by atoms with Crippen LogP contribution >= 0.6 is 0 Å². The van der Waals surface area contributed by atoms with Gasteiger partial charge in [-0.05, 0) is 29.8 Å². The lowest BCUT2D eigenvalue weighted by Crippen LogP contribution is -2.53. The third-order valence-corrected chi connectivity index (χ3v) is 4.89. The molecule has 166 valence electrons. The Morgan fingerprint density at radius 1 is 0.969 bits per heavy atom. The molecule has 0 unspecified atom stereocenters. The van der Waals surface area contributed by atoms with Crippen LogP contribution in [0.1, 0.15) is 18.2 Å². The molecule has 0 saturated carbocycles. The standard InChI is InChI=1S/C24H24FN3O4/c1-15(29)26-21(13-16-6-5-8-18(25)12-16)23(30)28-22(24(31)32-2)14-19-11-10-17-7-3-4-9-20(17)27-19/h3-12,21-22H,13-14H2,1-2H3,(H,26,29)(H,28,30)/t21-,22-/m0/s1. The summed E-state index contributed by atoms with van der Waals surface area (Å²) >= 11 is 0. The van der Waals surface area contributed by atoms with Crippen LogP contribution in [0.3, 0.4) is 0 Å². The Bertz CT molecular complexity index is 1130. The first kappa shape index (κ1) is 22.9. The number of fused-ring (bicyclic) bond motifs is 1. The summed E-state index contributed by atoms with van der Waals surface area (Å²) in [5.74, 6) is -2.09. The number of hydrogen-bond donors (Lipinski definition) is 2. The number of benzene rings is 2. The number of para-hydroxylation sites is 1. The summed E-state index contributed by atoms with van der Waals surface area (Å²) in [6, 6.07) is 15.0. The molecule has 2 N–H and O–H groups in total. The minimum absolute atomic E-state index is 0.0608. The fraction of sp³-hybridized carbons (Fsp3) is 0.250. The van der Waals surface area contributed by atoms with Gasteiger partial charge in [-0.2, -0.15) is 0 Å². The molecule has 1 aromatic heterocycles. The normalized spacial score (nSPS) is 12.6. The highest BCUT2D eigenvalue weighted by atomic mass is 19.1. The molecule has 2 aromatic carbocycles. The summed E-state index contributed by atoms with van der Waals surface area (Å²) < 4.78 is 18.4. The van der Waals surface area contributed by atoms with Crippen molar-refractivity contribution in [2.75, 3.05) is 7.11 Å². The number of carbonyl (C=O) groups is 3. The zero-order valence-electron chi connectivity index (χ0n) is 17.8. The predicted octanol–water partition coefficient (Wildman–Crippen LogP) is 2.32. The quantitative estimate of drug-likeness (QED) is 0.527. The van der Waals surface area contributed by atoms with Gasteiger partial charge >= 0.3 is 5.97 Å². The molecule has 8 heteroatoms. The second-order valence-electron chi connectivity index (χ2n) is 7.37. The first-order chi connectivity index (χ1) is 15.4. The fourth-order valence-corrected chi connectivity index (χ4v) is 3.39. The van der Waals surface area contributed by atoms with Crippen molar-refractivity contribution in [1.29, 1.82) is 0 Å². The average Bonchev–Trinajstić information content (AvgIpc) is 2.77. The molecule has 32 heavy (non-hydrogen) atoms. The summed E-state index contributed by atoms with van der Waals surface area (Å²) in [5.41, 5.74) is 1.90. The number of methoxy groups -OCH3 is 1. The molecule has 2 amide bonds. The van der Waals surface area contributed by atoms with Gasteiger partial charge in [-0.3, -0.25) is 14.6 Å². The Hall–Kier alpha value is -3.81. The maximum absolute atomic E-state index is 13.5. The number of halogens is 1. The highest BCUT2D eigenvalue weighted by molar-refractivity contribution is 5.90. The van der Waals surface area contributed by atoms with Crippen LogP contribution < -0.4 is 10.6 Å². The zero-order valence-corrected chi connectivity index (χ0v) is 17.8. The van der Waals surface area contributed by atoms with Gasteiger partial charge < -0.3 is 15.4 Å². The molecular weight excluding hydrogens is 413 g/mol. The van der Waals surface area contributed by atoms with E-state index in [1.165, 1.54) is 32.2 Å². The van der Waals surface area contributed by atoms with Crippen LogP contribution in [0.25, 0.3) is 10.9 Å². The van der Waals surface area contributed by atoms with Gasteiger partial charge in [0.05, 0.1) is 12.6 Å². The van der Waals surface area contributed by atoms with Crippen molar-refractivity contribution in [2.45, 2.75) is 31.8 Å². The van der Waals surface area contributed by atoms with Gasteiger partial charge in [0.15, 0.2) is 0 Å². The molecule has 0 radical (unpaired) electrons. The highest BCUT2D eigenvalue weighted by Gasteiger charge is 2.27. The third kappa shape index (κ3) is 6.10. The Morgan fingerprint density at radius 3 is 2.47 bits per heavy atom. The van der Waals surface area contributed by atoms with Gasteiger partial charge in [-0.1, -0.05) is 36.4 Å². The Balaban J connectivity index is 1.78. The summed E-state index contributed by atoms with van der Waals surface area (Å²) in [6.45, 7) is 1.28. The van der Waals surface area contributed by atoms with Crippen LogP contribution in [0.15, 0.2) is 60.7 Å². The number of nitrogens with zero attached hydrogens (tertiary/aromatic N) is 1. The molecule has 3 rings (SSSR count). The van der Waals surface area contributed by atoms with Gasteiger partial charge in [0.2, 0.25) is 11.8 Å². The lowest BCUT2D eigenvalue weighted by Gasteiger charge is -2.22. The lowest BCUT2D eigenvalue weighted by atomic mass is 10.0. The molecule has 2 atom stereocenters. The number of carbonyl (C=O) groups excluding carboxylic acids is 3. The number of pyridine rings is 1. The van der Waals surface area contributed by atoms with E-state index in [0.717, 1.165) is 10.9 Å². The highest BCUT2D eigenvalue weighted by Crippen LogP contribution is 2.14. The zero-order chi connectivity index (χ0) is 23.1. The van der Waals surface area contributed by atoms with Crippen LogP contribution in [0.2, 0.25) is 0 Å². The van der Waals surface area contributed by atoms with E-state index in [0.29, 0.717) is 11.3 Å². The van der Waals surface area contributed by atoms with Crippen LogP contribution in [0.4, 0.5) is 4.39 Å². The van der Waals surface area contributed by atoms with E-state index in [9.17, 15) is 18.8 Å². The van der Waals surface area contributed by atoms with Crippen molar-refractivity contribution in [3.05, 3.63) is 77.7 Å². The van der Waals surface area contributed by atoms with Gasteiger partial charge in [0.25, 0.3) is 0 Å². The number of amides is 2. The van der Waals surface area contributed by atoms with Gasteiger partial charge in [0.1, 0.15) is 17.9 Å². The molecule has 7 nitrogen and oxygen atoms in total. The van der Waals surface area contributed by atoms with E-state index >= 15 is 0 Å². The number of ether oxygens (including phenoxy) is 1. The first-order valence-corrected chi connectivity index (χ1v) is 10.1. The first-order valence-electron chi connectivity index (χ1n) is 10.1. The number of rotatable bonds is 8. The minimum Gasteiger partial charge on any atom is -0.467 e. The van der Waals surface area contributed by atoms with Gasteiger partial charge in [0, 0.05) is 30.8 Å². The van der Waals surface area contributed by atoms with Crippen molar-refractivity contribution in [1.82, 2.24) is 15.6 Å². The van der Waals surface area contributed by atoms with Gasteiger partial charge in [-0.15, -0.1) is 0 Å². The van der Waals surface area contributed by atoms with Crippen molar-refractivity contribution in [3.8, 4) is 0 Å². The third-order valence-electron chi connectivity index (χ3n) is 4.89. The van der Waals surface area contributed by atoms with Crippen LogP contribution in [0, 0.1) is 5.82 Å². The maximum Gasteiger partial charge on any atom is 0.328 e. The summed E-state index contributed by atoms with van der Waals surface area (Å²) in [7, 11) is 1.23. The number of hydrogen-bond acceptors (Lipinski definition) is 5. The summed E-state index contributed by atoms with van der Waals surface area (Å²) in [4.78, 5) is 41.5. The molecule has 0 bridgehead atoms. The molecule has 1 heterocycles. The molecule has 0 spiro atoms. The smallest absolute Gasteiger partial charge is 0.328 e. The van der Waals surface area contributed by atoms with E-state index in [4.69, 9.17) is 4.74 Å². The predicted molar refractivity (Wildman–Crippen MR) is 117 cm³/mol.